The number of hydrogen-bond acceptors (Lipinski definition) is 10. The standard InChI is InChI=1S/C44H54O10/c1-7-9-30-19-36(11-13-39(30)51-25-38(49)26-52-42-32(21-45)15-28(3)16-33(42)22-46)44(5,6)37-12-14-40(31(20-37)10-8-2)54-41(50)27-53-43-34(23-47)17-29(4)18-35(43)24-48/h7-8,11-20,38,41,45-50H,1-2,9-10,21-27H2,3-6H3. The van der Waals surface area contributed by atoms with E-state index in [1.807, 2.05) is 44.2 Å². The molecule has 0 amide bonds. The molecule has 0 aromatic heterocycles. The summed E-state index contributed by atoms with van der Waals surface area (Å²) in [5.74, 6) is 1.76. The number of allylic oxidation sites excluding steroid dienone is 2. The molecule has 2 atom stereocenters. The molecule has 0 aliphatic heterocycles. The van der Waals surface area contributed by atoms with Crippen LogP contribution in [0.15, 0.2) is 86.0 Å². The minimum atomic E-state index is -1.33. The van der Waals surface area contributed by atoms with Crippen LogP contribution in [0.3, 0.4) is 0 Å². The number of aryl methyl sites for hydroxylation is 2. The van der Waals surface area contributed by atoms with E-state index < -0.39 is 17.8 Å². The monoisotopic (exact) mass is 742 g/mol. The Balaban J connectivity index is 1.47. The summed E-state index contributed by atoms with van der Waals surface area (Å²) in [6.45, 7) is 14.4. The van der Waals surface area contributed by atoms with Crippen molar-refractivity contribution < 1.29 is 49.6 Å². The minimum Gasteiger partial charge on any atom is -0.490 e. The Morgan fingerprint density at radius 3 is 1.43 bits per heavy atom. The van der Waals surface area contributed by atoms with Gasteiger partial charge in [-0.25, -0.2) is 0 Å². The van der Waals surface area contributed by atoms with Crippen molar-refractivity contribution in [1.82, 2.24) is 0 Å². The number of rotatable bonds is 21. The largest absolute Gasteiger partial charge is 0.490 e. The average Bonchev–Trinajstić information content (AvgIpc) is 3.16. The van der Waals surface area contributed by atoms with Crippen molar-refractivity contribution in [3.63, 3.8) is 0 Å². The Bertz CT molecular complexity index is 1830. The maximum absolute atomic E-state index is 10.8. The smallest absolute Gasteiger partial charge is 0.231 e. The lowest BCUT2D eigenvalue weighted by Crippen LogP contribution is -2.26. The van der Waals surface area contributed by atoms with Crippen molar-refractivity contribution in [1.29, 1.82) is 0 Å². The third-order valence-electron chi connectivity index (χ3n) is 9.23. The van der Waals surface area contributed by atoms with Crippen LogP contribution in [0.4, 0.5) is 0 Å². The van der Waals surface area contributed by atoms with Crippen LogP contribution in [0.25, 0.3) is 0 Å². The van der Waals surface area contributed by atoms with Gasteiger partial charge in [0.05, 0.1) is 26.4 Å². The molecule has 0 saturated heterocycles. The zero-order chi connectivity index (χ0) is 39.4. The summed E-state index contributed by atoms with van der Waals surface area (Å²) in [5.41, 5.74) is 7.13. The molecule has 6 N–H and O–H groups in total. The molecular weight excluding hydrogens is 688 g/mol. The first-order valence-corrected chi connectivity index (χ1v) is 18.0. The third-order valence-corrected chi connectivity index (χ3v) is 9.23. The second kappa shape index (κ2) is 19.6. The van der Waals surface area contributed by atoms with Crippen LogP contribution < -0.4 is 18.9 Å². The van der Waals surface area contributed by atoms with E-state index in [2.05, 4.69) is 33.1 Å². The summed E-state index contributed by atoms with van der Waals surface area (Å²) < 4.78 is 23.7. The summed E-state index contributed by atoms with van der Waals surface area (Å²) >= 11 is 0. The zero-order valence-electron chi connectivity index (χ0n) is 31.7. The maximum atomic E-state index is 10.8. The van der Waals surface area contributed by atoms with E-state index >= 15 is 0 Å². The molecule has 0 spiro atoms. The summed E-state index contributed by atoms with van der Waals surface area (Å²) in [7, 11) is 0. The fourth-order valence-corrected chi connectivity index (χ4v) is 6.44. The molecule has 0 bridgehead atoms. The Kier molecular flexibility index (Phi) is 15.3. The molecule has 0 radical (unpaired) electrons. The van der Waals surface area contributed by atoms with Gasteiger partial charge in [0.1, 0.15) is 42.3 Å². The number of ether oxygens (including phenoxy) is 4. The molecule has 10 heteroatoms. The molecule has 4 aromatic rings. The van der Waals surface area contributed by atoms with Crippen molar-refractivity contribution in [2.75, 3.05) is 19.8 Å². The van der Waals surface area contributed by atoms with Gasteiger partial charge in [0, 0.05) is 27.7 Å². The molecular formula is C44H54O10. The summed E-state index contributed by atoms with van der Waals surface area (Å²) in [6.07, 6.45) is 2.27. The molecule has 0 aliphatic rings. The molecule has 10 nitrogen and oxygen atoms in total. The van der Waals surface area contributed by atoms with Gasteiger partial charge in [0.2, 0.25) is 6.29 Å². The lowest BCUT2D eigenvalue weighted by atomic mass is 9.76. The van der Waals surface area contributed by atoms with Gasteiger partial charge in [-0.3, -0.25) is 0 Å². The Morgan fingerprint density at radius 2 is 0.981 bits per heavy atom. The zero-order valence-corrected chi connectivity index (χ0v) is 31.7. The molecule has 0 saturated carbocycles. The van der Waals surface area contributed by atoms with Crippen molar-refractivity contribution in [3.05, 3.63) is 142 Å². The normalized spacial score (nSPS) is 12.6. The highest BCUT2D eigenvalue weighted by atomic mass is 16.6. The van der Waals surface area contributed by atoms with Gasteiger partial charge in [-0.05, 0) is 61.1 Å². The minimum absolute atomic E-state index is 0.0405. The molecule has 2 unspecified atom stereocenters. The van der Waals surface area contributed by atoms with E-state index in [1.165, 1.54) is 0 Å². The second-order valence-corrected chi connectivity index (χ2v) is 13.9. The Hall–Kier alpha value is -4.68. The topological polar surface area (TPSA) is 158 Å². The molecule has 0 heterocycles. The molecule has 0 fully saturated rings. The van der Waals surface area contributed by atoms with Crippen molar-refractivity contribution >= 4 is 0 Å². The first kappa shape index (κ1) is 42.1. The Morgan fingerprint density at radius 1 is 0.574 bits per heavy atom. The lowest BCUT2D eigenvalue weighted by molar-refractivity contribution is -0.0490. The van der Waals surface area contributed by atoms with Crippen LogP contribution in [0.2, 0.25) is 0 Å². The average molecular weight is 743 g/mol. The van der Waals surface area contributed by atoms with Crippen molar-refractivity contribution in [2.24, 2.45) is 0 Å². The van der Waals surface area contributed by atoms with E-state index in [0.717, 1.165) is 33.4 Å². The van der Waals surface area contributed by atoms with Gasteiger partial charge in [0.25, 0.3) is 0 Å². The third kappa shape index (κ3) is 10.5. The number of benzene rings is 4. The highest BCUT2D eigenvalue weighted by molar-refractivity contribution is 5.49. The van der Waals surface area contributed by atoms with Crippen LogP contribution in [-0.2, 0) is 44.7 Å². The summed E-state index contributed by atoms with van der Waals surface area (Å²) in [4.78, 5) is 0. The quantitative estimate of drug-likeness (QED) is 0.0466. The summed E-state index contributed by atoms with van der Waals surface area (Å²) in [5, 5.41) is 60.7. The fraction of sp³-hybridized carbons (Fsp3) is 0.364. The predicted octanol–water partition coefficient (Wildman–Crippen LogP) is 5.65. The van der Waals surface area contributed by atoms with Crippen LogP contribution in [-0.4, -0.2) is 62.9 Å². The Labute approximate surface area is 318 Å². The predicted molar refractivity (Wildman–Crippen MR) is 208 cm³/mol. The molecule has 54 heavy (non-hydrogen) atoms. The van der Waals surface area contributed by atoms with Gasteiger partial charge in [-0.2, -0.15) is 0 Å². The molecule has 290 valence electrons. The van der Waals surface area contributed by atoms with E-state index in [-0.39, 0.29) is 46.2 Å². The van der Waals surface area contributed by atoms with Gasteiger partial charge in [0.15, 0.2) is 6.61 Å². The van der Waals surface area contributed by atoms with E-state index in [9.17, 15) is 30.6 Å². The SMILES string of the molecule is C=CCc1cc(C(C)(C)c2ccc(OC(O)COc3c(CO)cc(C)cc3CO)c(CC=C)c2)ccc1OCC(O)COc1c(CO)cc(C)cc1CO. The van der Waals surface area contributed by atoms with E-state index in [4.69, 9.17) is 18.9 Å². The number of aliphatic hydroxyl groups is 6. The van der Waals surface area contributed by atoms with Crippen LogP contribution >= 0.6 is 0 Å². The van der Waals surface area contributed by atoms with Crippen molar-refractivity contribution in [2.45, 2.75) is 84.8 Å². The second-order valence-electron chi connectivity index (χ2n) is 13.9. The molecule has 0 aliphatic carbocycles. The van der Waals surface area contributed by atoms with Gasteiger partial charge >= 0.3 is 0 Å². The maximum Gasteiger partial charge on any atom is 0.231 e. The van der Waals surface area contributed by atoms with Crippen LogP contribution in [0.1, 0.15) is 69.5 Å². The highest BCUT2D eigenvalue weighted by Gasteiger charge is 2.26. The van der Waals surface area contributed by atoms with E-state index in [1.54, 1.807) is 36.4 Å². The van der Waals surface area contributed by atoms with Crippen LogP contribution in [0, 0.1) is 13.8 Å². The number of hydrogen-bond donors (Lipinski definition) is 6. The fourth-order valence-electron chi connectivity index (χ4n) is 6.44. The molecule has 4 rings (SSSR count). The first-order valence-electron chi connectivity index (χ1n) is 18.0. The van der Waals surface area contributed by atoms with Gasteiger partial charge in [-0.15, -0.1) is 13.2 Å². The lowest BCUT2D eigenvalue weighted by Gasteiger charge is -2.29. The summed E-state index contributed by atoms with van der Waals surface area (Å²) in [6, 6.07) is 18.8. The number of aliphatic hydroxyl groups excluding tert-OH is 6. The first-order chi connectivity index (χ1) is 25.9. The van der Waals surface area contributed by atoms with Gasteiger partial charge in [-0.1, -0.05) is 85.7 Å². The van der Waals surface area contributed by atoms with Gasteiger partial charge < -0.3 is 49.6 Å². The van der Waals surface area contributed by atoms with Crippen LogP contribution in [0.5, 0.6) is 23.0 Å². The highest BCUT2D eigenvalue weighted by Crippen LogP contribution is 2.37. The van der Waals surface area contributed by atoms with E-state index in [0.29, 0.717) is 58.1 Å². The molecule has 4 aromatic carbocycles. The van der Waals surface area contributed by atoms with Crippen molar-refractivity contribution in [3.8, 4) is 23.0 Å².